The molecule has 11 heteroatoms. The predicted molar refractivity (Wildman–Crippen MR) is 109 cm³/mol. The summed E-state index contributed by atoms with van der Waals surface area (Å²) in [7, 11) is 0. The topological polar surface area (TPSA) is 120 Å². The SMILES string of the molecule is CC(=O)O[C@@H]1[C@H](O)[C@@H](CO)O[C@H]1n1c(SCc2ccccc2)nc2c(Cl)ncnc21. The Morgan fingerprint density at radius 2 is 2.10 bits per heavy atom. The number of carbonyl (C=O) groups excluding carboxylic acids is 1. The van der Waals surface area contributed by atoms with Gasteiger partial charge in [-0.15, -0.1) is 0 Å². The minimum atomic E-state index is -1.22. The Morgan fingerprint density at radius 1 is 1.33 bits per heavy atom. The van der Waals surface area contributed by atoms with Gasteiger partial charge in [-0.3, -0.25) is 9.36 Å². The molecule has 0 amide bonds. The number of halogens is 1. The van der Waals surface area contributed by atoms with Crippen LogP contribution in [-0.4, -0.2) is 60.6 Å². The average Bonchev–Trinajstić information content (AvgIpc) is 3.25. The third-order valence-electron chi connectivity index (χ3n) is 4.66. The number of fused-ring (bicyclic) bond motifs is 1. The summed E-state index contributed by atoms with van der Waals surface area (Å²) in [5, 5.41) is 20.8. The van der Waals surface area contributed by atoms with E-state index in [0.29, 0.717) is 22.1 Å². The molecule has 158 valence electrons. The standard InChI is InChI=1S/C19H19ClN4O5S/c1-10(26)28-15-14(27)12(7-25)29-18(15)24-17-13(16(20)21-9-22-17)23-19(24)30-8-11-5-3-2-4-6-11/h2-6,9,12,14-15,18,25,27H,7-8H2,1H3/t12-,14-,15-,18-/m1/s1. The first kappa shape index (κ1) is 21.0. The highest BCUT2D eigenvalue weighted by Crippen LogP contribution is 2.38. The van der Waals surface area contributed by atoms with Gasteiger partial charge in [0.25, 0.3) is 0 Å². The molecule has 0 aliphatic carbocycles. The average molecular weight is 451 g/mol. The van der Waals surface area contributed by atoms with Crippen LogP contribution in [0.25, 0.3) is 11.2 Å². The van der Waals surface area contributed by atoms with Gasteiger partial charge in [0, 0.05) is 12.7 Å². The quantitative estimate of drug-likeness (QED) is 0.330. The second-order valence-electron chi connectivity index (χ2n) is 6.69. The molecule has 0 unspecified atom stereocenters. The molecule has 4 atom stereocenters. The van der Waals surface area contributed by atoms with Crippen molar-refractivity contribution in [3.63, 3.8) is 0 Å². The maximum atomic E-state index is 11.6. The zero-order valence-electron chi connectivity index (χ0n) is 15.9. The first-order chi connectivity index (χ1) is 14.5. The summed E-state index contributed by atoms with van der Waals surface area (Å²) in [6.07, 6.45) is -2.85. The molecule has 0 spiro atoms. The van der Waals surface area contributed by atoms with Gasteiger partial charge in [0.1, 0.15) is 24.1 Å². The van der Waals surface area contributed by atoms with E-state index in [4.69, 9.17) is 21.1 Å². The van der Waals surface area contributed by atoms with Crippen LogP contribution >= 0.6 is 23.4 Å². The molecule has 0 bridgehead atoms. The zero-order valence-corrected chi connectivity index (χ0v) is 17.5. The van der Waals surface area contributed by atoms with Crippen LogP contribution < -0.4 is 0 Å². The lowest BCUT2D eigenvalue weighted by molar-refractivity contribution is -0.156. The molecule has 1 saturated heterocycles. The van der Waals surface area contributed by atoms with E-state index in [1.54, 1.807) is 4.57 Å². The lowest BCUT2D eigenvalue weighted by atomic mass is 10.1. The number of nitrogens with zero attached hydrogens (tertiary/aromatic N) is 4. The lowest BCUT2D eigenvalue weighted by Crippen LogP contribution is -2.36. The van der Waals surface area contributed by atoms with Gasteiger partial charge in [0.05, 0.1) is 6.61 Å². The Labute approximate surface area is 181 Å². The van der Waals surface area contributed by atoms with E-state index in [9.17, 15) is 15.0 Å². The first-order valence-electron chi connectivity index (χ1n) is 9.16. The van der Waals surface area contributed by atoms with Crippen molar-refractivity contribution in [1.29, 1.82) is 0 Å². The number of imidazole rings is 1. The molecule has 2 aromatic heterocycles. The Kier molecular flexibility index (Phi) is 6.21. The third-order valence-corrected chi connectivity index (χ3v) is 5.96. The first-order valence-corrected chi connectivity index (χ1v) is 10.5. The number of carbonyl (C=O) groups is 1. The lowest BCUT2D eigenvalue weighted by Gasteiger charge is -2.22. The molecular weight excluding hydrogens is 432 g/mol. The van der Waals surface area contributed by atoms with Gasteiger partial charge < -0.3 is 19.7 Å². The predicted octanol–water partition coefficient (Wildman–Crippen LogP) is 1.95. The third kappa shape index (κ3) is 4.01. The highest BCUT2D eigenvalue weighted by molar-refractivity contribution is 7.98. The van der Waals surface area contributed by atoms with Crippen molar-refractivity contribution in [2.24, 2.45) is 0 Å². The maximum absolute atomic E-state index is 11.6. The molecular formula is C19H19ClN4O5S. The van der Waals surface area contributed by atoms with Crippen molar-refractivity contribution >= 4 is 40.5 Å². The van der Waals surface area contributed by atoms with Crippen molar-refractivity contribution in [3.8, 4) is 0 Å². The van der Waals surface area contributed by atoms with Gasteiger partial charge in [0.15, 0.2) is 28.3 Å². The summed E-state index contributed by atoms with van der Waals surface area (Å²) < 4.78 is 12.8. The monoisotopic (exact) mass is 450 g/mol. The van der Waals surface area contributed by atoms with Crippen molar-refractivity contribution in [2.75, 3.05) is 6.61 Å². The Morgan fingerprint density at radius 3 is 2.80 bits per heavy atom. The number of hydrogen-bond acceptors (Lipinski definition) is 9. The molecule has 1 aromatic carbocycles. The number of esters is 1. The Balaban J connectivity index is 1.77. The summed E-state index contributed by atoms with van der Waals surface area (Å²) >= 11 is 7.63. The van der Waals surface area contributed by atoms with E-state index >= 15 is 0 Å². The normalized spacial score (nSPS) is 23.7. The van der Waals surface area contributed by atoms with Crippen LogP contribution in [0, 0.1) is 0 Å². The van der Waals surface area contributed by atoms with Crippen LogP contribution in [0.1, 0.15) is 18.7 Å². The van der Waals surface area contributed by atoms with Crippen molar-refractivity contribution in [1.82, 2.24) is 19.5 Å². The zero-order chi connectivity index (χ0) is 21.3. The number of benzene rings is 1. The molecule has 4 rings (SSSR count). The van der Waals surface area contributed by atoms with E-state index in [1.165, 1.54) is 25.0 Å². The molecule has 2 N–H and O–H groups in total. The summed E-state index contributed by atoms with van der Waals surface area (Å²) in [6, 6.07) is 9.81. The van der Waals surface area contributed by atoms with E-state index in [1.807, 2.05) is 30.3 Å². The van der Waals surface area contributed by atoms with Crippen molar-refractivity contribution in [3.05, 3.63) is 47.4 Å². The van der Waals surface area contributed by atoms with Gasteiger partial charge >= 0.3 is 5.97 Å². The van der Waals surface area contributed by atoms with Crippen molar-refractivity contribution < 1.29 is 24.5 Å². The summed E-state index contributed by atoms with van der Waals surface area (Å²) in [5.74, 6) is 0.0217. The number of hydrogen-bond donors (Lipinski definition) is 2. The minimum Gasteiger partial charge on any atom is -0.455 e. The van der Waals surface area contributed by atoms with E-state index < -0.39 is 37.1 Å². The molecule has 1 aliphatic rings. The molecule has 3 aromatic rings. The number of ether oxygens (including phenoxy) is 2. The maximum Gasteiger partial charge on any atom is 0.303 e. The van der Waals surface area contributed by atoms with E-state index in [2.05, 4.69) is 15.0 Å². The molecule has 0 saturated carbocycles. The summed E-state index contributed by atoms with van der Waals surface area (Å²) in [6.45, 7) is 0.802. The summed E-state index contributed by atoms with van der Waals surface area (Å²) in [4.78, 5) is 24.5. The molecule has 1 aliphatic heterocycles. The van der Waals surface area contributed by atoms with Crippen LogP contribution in [0.15, 0.2) is 41.8 Å². The van der Waals surface area contributed by atoms with E-state index in [0.717, 1.165) is 5.56 Å². The number of aliphatic hydroxyl groups is 2. The fourth-order valence-electron chi connectivity index (χ4n) is 3.31. The Hall–Kier alpha value is -2.24. The van der Waals surface area contributed by atoms with Gasteiger partial charge in [-0.2, -0.15) is 0 Å². The van der Waals surface area contributed by atoms with Gasteiger partial charge in [-0.05, 0) is 5.56 Å². The fraction of sp³-hybridized carbons (Fsp3) is 0.368. The largest absolute Gasteiger partial charge is 0.455 e. The molecule has 30 heavy (non-hydrogen) atoms. The van der Waals surface area contributed by atoms with Crippen LogP contribution in [0.3, 0.4) is 0 Å². The molecule has 1 fully saturated rings. The number of rotatable bonds is 6. The number of aromatic nitrogens is 4. The van der Waals surface area contributed by atoms with Gasteiger partial charge in [-0.1, -0.05) is 53.7 Å². The molecule has 3 heterocycles. The second-order valence-corrected chi connectivity index (χ2v) is 7.99. The minimum absolute atomic E-state index is 0.168. The Bertz CT molecular complexity index is 1050. The molecule has 0 radical (unpaired) electrons. The molecule has 9 nitrogen and oxygen atoms in total. The summed E-state index contributed by atoms with van der Waals surface area (Å²) in [5.41, 5.74) is 1.82. The van der Waals surface area contributed by atoms with Gasteiger partial charge in [-0.25, -0.2) is 15.0 Å². The fourth-order valence-corrected chi connectivity index (χ4v) is 4.45. The highest BCUT2D eigenvalue weighted by Gasteiger charge is 2.48. The van der Waals surface area contributed by atoms with Crippen LogP contribution in [0.2, 0.25) is 5.15 Å². The number of aliphatic hydroxyl groups excluding tert-OH is 2. The van der Waals surface area contributed by atoms with Gasteiger partial charge in [0.2, 0.25) is 0 Å². The smallest absolute Gasteiger partial charge is 0.303 e. The van der Waals surface area contributed by atoms with E-state index in [-0.39, 0.29) is 5.15 Å². The van der Waals surface area contributed by atoms with Crippen LogP contribution in [-0.2, 0) is 20.0 Å². The van der Waals surface area contributed by atoms with Crippen LogP contribution in [0.4, 0.5) is 0 Å². The number of thioether (sulfide) groups is 1. The van der Waals surface area contributed by atoms with Crippen LogP contribution in [0.5, 0.6) is 0 Å². The second kappa shape index (κ2) is 8.86. The highest BCUT2D eigenvalue weighted by atomic mass is 35.5. The van der Waals surface area contributed by atoms with Crippen molar-refractivity contribution in [2.45, 2.75) is 42.4 Å².